The summed E-state index contributed by atoms with van der Waals surface area (Å²) in [6.07, 6.45) is 1.57. The molecular formula is C22H34F2O3Si2. The Morgan fingerprint density at radius 3 is 2.10 bits per heavy atom. The molecule has 1 N–H and O–H groups in total. The van der Waals surface area contributed by atoms with E-state index in [1.807, 2.05) is 19.1 Å². The topological polar surface area (TPSA) is 38.7 Å². The summed E-state index contributed by atoms with van der Waals surface area (Å²) in [5.74, 6) is -1.91. The monoisotopic (exact) mass is 440 g/mol. The van der Waals surface area contributed by atoms with Crippen molar-refractivity contribution in [1.82, 2.24) is 0 Å². The third-order valence-corrected chi connectivity index (χ3v) is 10.1. The molecule has 0 aliphatic heterocycles. The Kier molecular flexibility index (Phi) is 9.21. The van der Waals surface area contributed by atoms with Gasteiger partial charge in [-0.3, -0.25) is 0 Å². The van der Waals surface area contributed by atoms with Gasteiger partial charge in [0.15, 0.2) is 19.9 Å². The van der Waals surface area contributed by atoms with E-state index in [0.29, 0.717) is 18.6 Å². The predicted octanol–water partition coefficient (Wildman–Crippen LogP) is 6.65. The molecule has 3 nitrogen and oxygen atoms in total. The van der Waals surface area contributed by atoms with Crippen LogP contribution in [0.2, 0.25) is 32.2 Å². The Labute approximate surface area is 176 Å². The number of benzene rings is 2. The first-order valence-electron chi connectivity index (χ1n) is 9.59. The van der Waals surface area contributed by atoms with Gasteiger partial charge in [0.2, 0.25) is 5.82 Å². The van der Waals surface area contributed by atoms with Crippen molar-refractivity contribution in [3.05, 3.63) is 53.6 Å². The van der Waals surface area contributed by atoms with E-state index < -0.39 is 28.5 Å². The molecule has 0 saturated heterocycles. The molecule has 0 atom stereocenters. The third-order valence-electron chi connectivity index (χ3n) is 4.37. The maximum absolute atomic E-state index is 14.5. The highest BCUT2D eigenvalue weighted by atomic mass is 28.4. The fourth-order valence-electron chi connectivity index (χ4n) is 3.16. The van der Waals surface area contributed by atoms with Gasteiger partial charge in [-0.2, -0.15) is 4.39 Å². The maximum atomic E-state index is 14.5. The van der Waals surface area contributed by atoms with E-state index >= 15 is 0 Å². The predicted molar refractivity (Wildman–Crippen MR) is 121 cm³/mol. The molecule has 29 heavy (non-hydrogen) atoms. The van der Waals surface area contributed by atoms with E-state index in [1.54, 1.807) is 31.3 Å². The van der Waals surface area contributed by atoms with Crippen molar-refractivity contribution in [3.8, 4) is 16.9 Å². The summed E-state index contributed by atoms with van der Waals surface area (Å²) < 4.78 is 40.2. The number of rotatable bonds is 9. The molecule has 0 fully saturated rings. The van der Waals surface area contributed by atoms with Crippen LogP contribution in [0.4, 0.5) is 8.78 Å². The lowest BCUT2D eigenvalue weighted by atomic mass is 10.0. The summed E-state index contributed by atoms with van der Waals surface area (Å²) in [7, 11) is -4.44. The largest absolute Gasteiger partial charge is 0.490 e. The summed E-state index contributed by atoms with van der Waals surface area (Å²) in [6, 6.07) is 11.2. The van der Waals surface area contributed by atoms with Crippen molar-refractivity contribution >= 4 is 16.9 Å². The number of ether oxygens (including phenoxy) is 1. The second-order valence-corrected chi connectivity index (χ2v) is 15.9. The van der Waals surface area contributed by atoms with Gasteiger partial charge in [-0.05, 0) is 63.3 Å². The standard InChI is InChI=1S/C21H30F2O3Si2.CH4/c1-16-8-10-17(11-9-16)18-12-13-19(21(23)20(18)22)25-14-6-7-15-27(2,3)26-28(4,5)24;/h8-13,24H,6-7,14-15H2,1-5H3;1H4. The molecule has 0 bridgehead atoms. The van der Waals surface area contributed by atoms with Crippen molar-refractivity contribution in [3.63, 3.8) is 0 Å². The van der Waals surface area contributed by atoms with Crippen molar-refractivity contribution in [1.29, 1.82) is 0 Å². The SMILES string of the molecule is C.Cc1ccc(-c2ccc(OCCCC[Si](C)(C)O[Si](C)(C)O)c(F)c2F)cc1. The van der Waals surface area contributed by atoms with Crippen LogP contribution in [0.25, 0.3) is 11.1 Å². The average Bonchev–Trinajstić information content (AvgIpc) is 2.57. The second-order valence-electron chi connectivity index (χ2n) is 8.22. The molecule has 0 aliphatic carbocycles. The van der Waals surface area contributed by atoms with Crippen LogP contribution in [0.3, 0.4) is 0 Å². The van der Waals surface area contributed by atoms with E-state index in [2.05, 4.69) is 13.1 Å². The van der Waals surface area contributed by atoms with E-state index in [9.17, 15) is 13.6 Å². The lowest BCUT2D eigenvalue weighted by Crippen LogP contribution is -2.44. The molecule has 162 valence electrons. The normalized spacial score (nSPS) is 11.9. The molecule has 0 amide bonds. The molecule has 7 heteroatoms. The highest BCUT2D eigenvalue weighted by Crippen LogP contribution is 2.30. The van der Waals surface area contributed by atoms with Gasteiger partial charge >= 0.3 is 8.56 Å². The van der Waals surface area contributed by atoms with Crippen LogP contribution < -0.4 is 4.74 Å². The molecule has 2 aromatic rings. The molecule has 2 aromatic carbocycles. The maximum Gasteiger partial charge on any atom is 0.318 e. The zero-order chi connectivity index (χ0) is 20.9. The summed E-state index contributed by atoms with van der Waals surface area (Å²) in [5.41, 5.74) is 1.92. The van der Waals surface area contributed by atoms with Gasteiger partial charge in [0.1, 0.15) is 0 Å². The van der Waals surface area contributed by atoms with Crippen molar-refractivity contribution in [2.75, 3.05) is 6.61 Å². The highest BCUT2D eigenvalue weighted by molar-refractivity contribution is 6.81. The zero-order valence-electron chi connectivity index (χ0n) is 17.3. The van der Waals surface area contributed by atoms with Crippen LogP contribution in [-0.4, -0.2) is 28.3 Å². The lowest BCUT2D eigenvalue weighted by Gasteiger charge is -2.29. The third kappa shape index (κ3) is 8.01. The lowest BCUT2D eigenvalue weighted by molar-refractivity contribution is 0.288. The minimum Gasteiger partial charge on any atom is -0.490 e. The summed E-state index contributed by atoms with van der Waals surface area (Å²) in [6.45, 7) is 9.95. The molecule has 0 aromatic heterocycles. The van der Waals surface area contributed by atoms with Crippen LogP contribution in [0.15, 0.2) is 36.4 Å². The van der Waals surface area contributed by atoms with Crippen LogP contribution in [0.5, 0.6) is 5.75 Å². The van der Waals surface area contributed by atoms with E-state index in [4.69, 9.17) is 8.85 Å². The summed E-state index contributed by atoms with van der Waals surface area (Å²) in [4.78, 5) is 9.93. The van der Waals surface area contributed by atoms with Crippen molar-refractivity contribution in [2.45, 2.75) is 59.4 Å². The minimum atomic E-state index is -2.52. The van der Waals surface area contributed by atoms with E-state index in [0.717, 1.165) is 18.0 Å². The molecular weight excluding hydrogens is 406 g/mol. The Bertz CT molecular complexity index is 788. The number of hydrogen-bond acceptors (Lipinski definition) is 3. The Morgan fingerprint density at radius 1 is 0.897 bits per heavy atom. The molecule has 0 spiro atoms. The van der Waals surface area contributed by atoms with Crippen LogP contribution in [0.1, 0.15) is 25.8 Å². The molecule has 0 unspecified atom stereocenters. The fourth-order valence-corrected chi connectivity index (χ4v) is 10.1. The minimum absolute atomic E-state index is 0. The van der Waals surface area contributed by atoms with E-state index in [-0.39, 0.29) is 18.7 Å². The molecule has 2 rings (SSSR count). The highest BCUT2D eigenvalue weighted by Gasteiger charge is 2.31. The number of halogens is 2. The van der Waals surface area contributed by atoms with Gasteiger partial charge in [-0.25, -0.2) is 4.39 Å². The smallest absolute Gasteiger partial charge is 0.318 e. The quantitative estimate of drug-likeness (QED) is 0.350. The number of unbranched alkanes of at least 4 members (excludes halogenated alkanes) is 1. The van der Waals surface area contributed by atoms with Gasteiger partial charge in [-0.1, -0.05) is 43.7 Å². The van der Waals surface area contributed by atoms with Gasteiger partial charge < -0.3 is 13.6 Å². The average molecular weight is 441 g/mol. The second kappa shape index (κ2) is 10.5. The number of aryl methyl sites for hydroxylation is 1. The Balaban J connectivity index is 0.00000420. The first-order chi connectivity index (χ1) is 13.0. The fraction of sp³-hybridized carbons (Fsp3) is 0.455. The molecule has 0 saturated carbocycles. The van der Waals surface area contributed by atoms with Crippen LogP contribution in [-0.2, 0) is 4.12 Å². The molecule has 0 aliphatic rings. The van der Waals surface area contributed by atoms with Crippen LogP contribution >= 0.6 is 0 Å². The zero-order valence-corrected chi connectivity index (χ0v) is 19.3. The summed E-state index contributed by atoms with van der Waals surface area (Å²) in [5, 5.41) is 0. The van der Waals surface area contributed by atoms with Gasteiger partial charge in [0.05, 0.1) is 6.61 Å². The van der Waals surface area contributed by atoms with Crippen molar-refractivity contribution in [2.24, 2.45) is 0 Å². The van der Waals surface area contributed by atoms with E-state index in [1.165, 1.54) is 6.07 Å². The van der Waals surface area contributed by atoms with Crippen molar-refractivity contribution < 1.29 is 22.4 Å². The first-order valence-corrected chi connectivity index (χ1v) is 15.6. The Hall–Kier alpha value is -1.55. The Morgan fingerprint density at radius 2 is 1.52 bits per heavy atom. The van der Waals surface area contributed by atoms with Gasteiger partial charge in [0.25, 0.3) is 0 Å². The van der Waals surface area contributed by atoms with Crippen LogP contribution in [0, 0.1) is 18.6 Å². The van der Waals surface area contributed by atoms with Gasteiger partial charge in [0, 0.05) is 5.56 Å². The molecule has 0 heterocycles. The first kappa shape index (κ1) is 25.5. The number of hydrogen-bond donors (Lipinski definition) is 1. The summed E-state index contributed by atoms with van der Waals surface area (Å²) >= 11 is 0. The van der Waals surface area contributed by atoms with Gasteiger partial charge in [-0.15, -0.1) is 0 Å². The molecule has 0 radical (unpaired) electrons.